The van der Waals surface area contributed by atoms with Gasteiger partial charge in [-0.15, -0.1) is 0 Å². The Bertz CT molecular complexity index is 676. The number of carbonyl (C=O) groups excluding carboxylic acids is 1. The van der Waals surface area contributed by atoms with Gasteiger partial charge < -0.3 is 10.2 Å². The molecule has 0 bridgehead atoms. The maximum atomic E-state index is 13.0. The summed E-state index contributed by atoms with van der Waals surface area (Å²) in [5.74, 6) is 0.0538. The molecule has 24 heavy (non-hydrogen) atoms. The zero-order chi connectivity index (χ0) is 16.9. The van der Waals surface area contributed by atoms with Crippen molar-refractivity contribution in [3.05, 3.63) is 64.7 Å². The molecule has 0 radical (unpaired) electrons. The van der Waals surface area contributed by atoms with Crippen LogP contribution in [0, 0.1) is 6.92 Å². The van der Waals surface area contributed by atoms with Crippen molar-refractivity contribution in [3.63, 3.8) is 0 Å². The largest absolute Gasteiger partial charge is 0.321 e. The van der Waals surface area contributed by atoms with Crippen LogP contribution in [0.2, 0.25) is 5.02 Å². The van der Waals surface area contributed by atoms with Crippen LogP contribution in [0.3, 0.4) is 0 Å². The summed E-state index contributed by atoms with van der Waals surface area (Å²) in [6.07, 6.45) is 3.62. The number of carbonyl (C=O) groups is 1. The Morgan fingerprint density at radius 2 is 1.62 bits per heavy atom. The third-order valence-corrected chi connectivity index (χ3v) is 4.94. The zero-order valence-electron chi connectivity index (χ0n) is 14.0. The predicted octanol–water partition coefficient (Wildman–Crippen LogP) is 3.40. The smallest absolute Gasteiger partial charge is 0.287 e. The van der Waals surface area contributed by atoms with Crippen molar-refractivity contribution in [2.75, 3.05) is 18.4 Å². The van der Waals surface area contributed by atoms with Gasteiger partial charge in [0, 0.05) is 16.3 Å². The van der Waals surface area contributed by atoms with Crippen LogP contribution in [0.15, 0.2) is 48.5 Å². The van der Waals surface area contributed by atoms with E-state index in [1.54, 1.807) is 0 Å². The number of anilines is 1. The summed E-state index contributed by atoms with van der Waals surface area (Å²) in [6.45, 7) is 4.11. The minimum atomic E-state index is -0.191. The molecule has 1 amide bonds. The lowest BCUT2D eigenvalue weighted by Gasteiger charge is -2.31. The van der Waals surface area contributed by atoms with Gasteiger partial charge in [-0.3, -0.25) is 4.79 Å². The van der Waals surface area contributed by atoms with Crippen LogP contribution in [0.4, 0.5) is 5.69 Å². The first-order valence-electron chi connectivity index (χ1n) is 8.61. The highest BCUT2D eigenvalue weighted by Gasteiger charge is 2.32. The van der Waals surface area contributed by atoms with E-state index in [0.29, 0.717) is 5.02 Å². The number of likely N-dealkylation sites (tertiary alicyclic amines) is 1. The molecule has 0 aromatic heterocycles. The lowest BCUT2D eigenvalue weighted by atomic mass is 10.0. The topological polar surface area (TPSA) is 33.5 Å². The van der Waals surface area contributed by atoms with E-state index >= 15 is 0 Å². The Morgan fingerprint density at radius 1 is 1.00 bits per heavy atom. The fourth-order valence-electron chi connectivity index (χ4n) is 3.37. The van der Waals surface area contributed by atoms with Crippen LogP contribution in [-0.4, -0.2) is 19.0 Å². The number of amides is 1. The number of benzene rings is 2. The van der Waals surface area contributed by atoms with Crippen molar-refractivity contribution in [2.45, 2.75) is 32.2 Å². The third-order valence-electron chi connectivity index (χ3n) is 4.69. The van der Waals surface area contributed by atoms with Crippen molar-refractivity contribution in [1.82, 2.24) is 0 Å². The van der Waals surface area contributed by atoms with Crippen LogP contribution in [0.5, 0.6) is 0 Å². The summed E-state index contributed by atoms with van der Waals surface area (Å²) < 4.78 is 0. The monoisotopic (exact) mass is 343 g/mol. The molecule has 3 rings (SSSR count). The Hall–Kier alpha value is -1.84. The van der Waals surface area contributed by atoms with Crippen molar-refractivity contribution in [3.8, 4) is 0 Å². The molecule has 3 nitrogen and oxygen atoms in total. The minimum absolute atomic E-state index is 0.0538. The van der Waals surface area contributed by atoms with Gasteiger partial charge in [-0.25, -0.2) is 0 Å². The van der Waals surface area contributed by atoms with Crippen LogP contribution >= 0.6 is 11.6 Å². The summed E-state index contributed by atoms with van der Waals surface area (Å²) in [7, 11) is 0. The second kappa shape index (κ2) is 7.82. The first kappa shape index (κ1) is 17.0. The molecule has 1 aliphatic heterocycles. The van der Waals surface area contributed by atoms with Crippen molar-refractivity contribution in [1.29, 1.82) is 0 Å². The third kappa shape index (κ3) is 4.16. The highest BCUT2D eigenvalue weighted by atomic mass is 35.5. The molecule has 1 fully saturated rings. The molecule has 126 valence electrons. The quantitative estimate of drug-likeness (QED) is 0.876. The van der Waals surface area contributed by atoms with Crippen LogP contribution in [0.25, 0.3) is 0 Å². The standard InChI is InChI=1S/C20H23ClN2O/c1-15-5-11-18(12-6-15)22-20(24)19(23-13-3-2-4-14-23)16-7-9-17(21)10-8-16/h5-12,19H,2-4,13-14H2,1H3,(H,22,24)/p+1/t19-/m0/s1. The SMILES string of the molecule is Cc1ccc(NC(=O)[C@H](c2ccc(Cl)cc2)[NH+]2CCCCC2)cc1. The molecule has 2 N–H and O–H groups in total. The average Bonchev–Trinajstić information content (AvgIpc) is 2.60. The van der Waals surface area contributed by atoms with E-state index in [1.807, 2.05) is 55.5 Å². The van der Waals surface area contributed by atoms with Gasteiger partial charge in [0.1, 0.15) is 0 Å². The molecule has 4 heteroatoms. The molecule has 0 spiro atoms. The number of hydrogen-bond donors (Lipinski definition) is 2. The average molecular weight is 344 g/mol. The molecule has 1 atom stereocenters. The zero-order valence-corrected chi connectivity index (χ0v) is 14.8. The van der Waals surface area contributed by atoms with Gasteiger partial charge in [0.05, 0.1) is 13.1 Å². The number of hydrogen-bond acceptors (Lipinski definition) is 1. The summed E-state index contributed by atoms with van der Waals surface area (Å²) in [5.41, 5.74) is 3.06. The summed E-state index contributed by atoms with van der Waals surface area (Å²) in [5, 5.41) is 3.79. The van der Waals surface area contributed by atoms with E-state index in [9.17, 15) is 4.79 Å². The Labute approximate surface area is 148 Å². The Morgan fingerprint density at radius 3 is 2.25 bits per heavy atom. The molecule has 1 saturated heterocycles. The van der Waals surface area contributed by atoms with Crippen LogP contribution in [0.1, 0.15) is 36.4 Å². The van der Waals surface area contributed by atoms with Gasteiger partial charge in [-0.05, 0) is 50.5 Å². The van der Waals surface area contributed by atoms with E-state index in [1.165, 1.54) is 29.7 Å². The summed E-state index contributed by atoms with van der Waals surface area (Å²) >= 11 is 6.02. The summed E-state index contributed by atoms with van der Waals surface area (Å²) in [6, 6.07) is 15.4. The van der Waals surface area contributed by atoms with Gasteiger partial charge in [0.25, 0.3) is 5.91 Å². The lowest BCUT2D eigenvalue weighted by molar-refractivity contribution is -0.926. The molecular weight excluding hydrogens is 320 g/mol. The number of rotatable bonds is 4. The highest BCUT2D eigenvalue weighted by Crippen LogP contribution is 2.18. The molecule has 0 aliphatic carbocycles. The molecular formula is C20H24ClN2O+. The van der Waals surface area contributed by atoms with E-state index in [4.69, 9.17) is 11.6 Å². The number of quaternary nitrogens is 1. The predicted molar refractivity (Wildman–Crippen MR) is 98.5 cm³/mol. The van der Waals surface area contributed by atoms with Gasteiger partial charge in [0.2, 0.25) is 0 Å². The van der Waals surface area contributed by atoms with E-state index in [2.05, 4.69) is 5.32 Å². The first-order valence-corrected chi connectivity index (χ1v) is 8.99. The number of piperidine rings is 1. The van der Waals surface area contributed by atoms with Crippen molar-refractivity contribution >= 4 is 23.2 Å². The lowest BCUT2D eigenvalue weighted by Crippen LogP contribution is -3.14. The van der Waals surface area contributed by atoms with Crippen LogP contribution in [-0.2, 0) is 4.79 Å². The molecule has 1 heterocycles. The van der Waals surface area contributed by atoms with Gasteiger partial charge in [-0.1, -0.05) is 41.4 Å². The minimum Gasteiger partial charge on any atom is -0.321 e. The normalized spacial score (nSPS) is 16.6. The summed E-state index contributed by atoms with van der Waals surface area (Å²) in [4.78, 5) is 14.4. The van der Waals surface area contributed by atoms with E-state index in [0.717, 1.165) is 24.3 Å². The maximum Gasteiger partial charge on any atom is 0.287 e. The van der Waals surface area contributed by atoms with Crippen LogP contribution < -0.4 is 10.2 Å². The molecule has 1 aliphatic rings. The van der Waals surface area contributed by atoms with Gasteiger partial charge >= 0.3 is 0 Å². The second-order valence-corrected chi connectivity index (χ2v) is 7.00. The number of nitrogens with one attached hydrogen (secondary N) is 2. The first-order chi connectivity index (χ1) is 11.6. The number of halogens is 1. The fraction of sp³-hybridized carbons (Fsp3) is 0.350. The fourth-order valence-corrected chi connectivity index (χ4v) is 3.50. The maximum absolute atomic E-state index is 13.0. The van der Waals surface area contributed by atoms with E-state index in [-0.39, 0.29) is 11.9 Å². The molecule has 2 aromatic carbocycles. The van der Waals surface area contributed by atoms with E-state index < -0.39 is 0 Å². The molecule has 0 saturated carbocycles. The molecule has 0 unspecified atom stereocenters. The second-order valence-electron chi connectivity index (χ2n) is 6.56. The molecule has 2 aromatic rings. The Balaban J connectivity index is 1.83. The van der Waals surface area contributed by atoms with Crippen molar-refractivity contribution in [2.24, 2.45) is 0 Å². The number of aryl methyl sites for hydroxylation is 1. The Kier molecular flexibility index (Phi) is 5.54. The van der Waals surface area contributed by atoms with Gasteiger partial charge in [-0.2, -0.15) is 0 Å². The van der Waals surface area contributed by atoms with Crippen molar-refractivity contribution < 1.29 is 9.69 Å². The highest BCUT2D eigenvalue weighted by molar-refractivity contribution is 6.30. The van der Waals surface area contributed by atoms with Gasteiger partial charge in [0.15, 0.2) is 6.04 Å².